The minimum absolute atomic E-state index is 0.131. The predicted octanol–water partition coefficient (Wildman–Crippen LogP) is 1.91. The summed E-state index contributed by atoms with van der Waals surface area (Å²) in [5.41, 5.74) is 4.68. The van der Waals surface area contributed by atoms with Gasteiger partial charge in [-0.15, -0.1) is 0 Å². The lowest BCUT2D eigenvalue weighted by atomic mass is 9.94. The van der Waals surface area contributed by atoms with Gasteiger partial charge in [0.15, 0.2) is 12.2 Å². The van der Waals surface area contributed by atoms with Crippen molar-refractivity contribution >= 4 is 11.8 Å². The Balaban J connectivity index is 1.07. The lowest BCUT2D eigenvalue weighted by Gasteiger charge is -2.39. The minimum atomic E-state index is -0.713. The van der Waals surface area contributed by atoms with Crippen molar-refractivity contribution in [3.05, 3.63) is 71.0 Å². The molecule has 4 heterocycles. The van der Waals surface area contributed by atoms with Crippen LogP contribution in [0.3, 0.4) is 0 Å². The zero-order valence-corrected chi connectivity index (χ0v) is 23.0. The summed E-state index contributed by atoms with van der Waals surface area (Å²) in [6, 6.07) is 5.75. The average molecular weight is 549 g/mol. The molecule has 1 fully saturated rings. The number of hydrogen-bond donors (Lipinski definition) is 2. The predicted molar refractivity (Wildman–Crippen MR) is 145 cm³/mol. The second kappa shape index (κ2) is 12.6. The van der Waals surface area contributed by atoms with E-state index in [0.717, 1.165) is 49.6 Å². The fourth-order valence-corrected chi connectivity index (χ4v) is 5.37. The Morgan fingerprint density at radius 1 is 1.27 bits per heavy atom. The summed E-state index contributed by atoms with van der Waals surface area (Å²) in [5.74, 6) is 1.69. The van der Waals surface area contributed by atoms with Crippen LogP contribution in [-0.2, 0) is 30.8 Å². The van der Waals surface area contributed by atoms with E-state index in [1.165, 1.54) is 23.8 Å². The van der Waals surface area contributed by atoms with Gasteiger partial charge in [0.05, 0.1) is 12.3 Å². The van der Waals surface area contributed by atoms with E-state index in [4.69, 9.17) is 9.15 Å². The molecule has 0 unspecified atom stereocenters. The molecule has 1 aromatic carbocycles. The first-order valence-electron chi connectivity index (χ1n) is 13.8. The summed E-state index contributed by atoms with van der Waals surface area (Å²) in [6.07, 6.45) is 5.79. The summed E-state index contributed by atoms with van der Waals surface area (Å²) >= 11 is 0. The zero-order chi connectivity index (χ0) is 28.1. The molecule has 11 nitrogen and oxygen atoms in total. The zero-order valence-electron chi connectivity index (χ0n) is 23.0. The molecular formula is C29H36N6O5. The van der Waals surface area contributed by atoms with Crippen molar-refractivity contribution < 1.29 is 23.8 Å². The number of aliphatic hydroxyl groups is 1. The topological polar surface area (TPSA) is 134 Å². The third-order valence-corrected chi connectivity index (χ3v) is 7.60. The molecular weight excluding hydrogens is 512 g/mol. The highest BCUT2D eigenvalue weighted by Gasteiger charge is 2.30. The van der Waals surface area contributed by atoms with Gasteiger partial charge in [-0.3, -0.25) is 14.5 Å². The molecule has 3 aromatic rings. The number of aromatic nitrogens is 3. The summed E-state index contributed by atoms with van der Waals surface area (Å²) < 4.78 is 11.2. The average Bonchev–Trinajstić information content (AvgIpc) is 3.46. The van der Waals surface area contributed by atoms with Crippen molar-refractivity contribution in [1.82, 2.24) is 30.1 Å². The number of benzene rings is 1. The van der Waals surface area contributed by atoms with Crippen LogP contribution in [0.4, 0.5) is 0 Å². The molecule has 212 valence electrons. The van der Waals surface area contributed by atoms with Gasteiger partial charge < -0.3 is 24.5 Å². The third-order valence-electron chi connectivity index (χ3n) is 7.60. The van der Waals surface area contributed by atoms with E-state index in [1.54, 1.807) is 12.3 Å². The molecule has 1 atom stereocenters. The maximum absolute atomic E-state index is 12.7. The van der Waals surface area contributed by atoms with Crippen molar-refractivity contribution in [3.8, 4) is 5.75 Å². The first-order valence-corrected chi connectivity index (χ1v) is 13.8. The molecule has 2 amide bonds. The standard InChI is InChI=1S/C29H36N6O5/c1-3-28(37)35-12-20(13-35)8-22-9-26(33-17-32-22)29(38)31-10-23(36)15-34-7-6-25-19(2)27(5-4-21(25)14-34)39-16-24-11-30-18-40-24/h4-5,9,11,17-18,20,23,36H,3,6-8,10,12-16H2,1-2H3,(H,31,38)/t23-/m0/s1. The van der Waals surface area contributed by atoms with Gasteiger partial charge in [0, 0.05) is 51.4 Å². The van der Waals surface area contributed by atoms with Crippen LogP contribution in [0.2, 0.25) is 0 Å². The van der Waals surface area contributed by atoms with E-state index in [1.807, 2.05) is 17.9 Å². The van der Waals surface area contributed by atoms with Crippen molar-refractivity contribution in [3.63, 3.8) is 0 Å². The SMILES string of the molecule is CCC(=O)N1CC(Cc2cc(C(=O)NC[C@H](O)CN3CCc4c(ccc(OCc5cnco5)c4C)C3)ncn2)C1. The maximum Gasteiger partial charge on any atom is 0.270 e. The van der Waals surface area contributed by atoms with Gasteiger partial charge in [-0.1, -0.05) is 13.0 Å². The number of oxazole rings is 1. The van der Waals surface area contributed by atoms with E-state index in [9.17, 15) is 14.7 Å². The Bertz CT molecular complexity index is 1320. The van der Waals surface area contributed by atoms with Crippen molar-refractivity contribution in [2.75, 3.05) is 32.7 Å². The number of carbonyl (C=O) groups excluding carboxylic acids is 2. The molecule has 0 bridgehead atoms. The molecule has 5 rings (SSSR count). The molecule has 0 spiro atoms. The number of β-amino-alcohol motifs (C(OH)–C–C–N with tert-alkyl or cyclic N) is 1. The molecule has 2 aliphatic rings. The Labute approximate surface area is 233 Å². The Morgan fingerprint density at radius 3 is 2.90 bits per heavy atom. The van der Waals surface area contributed by atoms with Crippen LogP contribution in [-0.4, -0.2) is 80.5 Å². The minimum Gasteiger partial charge on any atom is -0.485 e. The van der Waals surface area contributed by atoms with Crippen LogP contribution in [0.5, 0.6) is 5.75 Å². The van der Waals surface area contributed by atoms with E-state index < -0.39 is 6.10 Å². The summed E-state index contributed by atoms with van der Waals surface area (Å²) in [5, 5.41) is 13.5. The summed E-state index contributed by atoms with van der Waals surface area (Å²) in [6.45, 7) is 7.83. The number of nitrogens with zero attached hydrogens (tertiary/aromatic N) is 5. The van der Waals surface area contributed by atoms with E-state index in [-0.39, 0.29) is 24.1 Å². The van der Waals surface area contributed by atoms with Gasteiger partial charge in [0.2, 0.25) is 5.91 Å². The molecule has 40 heavy (non-hydrogen) atoms. The van der Waals surface area contributed by atoms with Crippen molar-refractivity contribution in [2.24, 2.45) is 5.92 Å². The highest BCUT2D eigenvalue weighted by atomic mass is 16.5. The quantitative estimate of drug-likeness (QED) is 0.369. The number of nitrogens with one attached hydrogen (secondary N) is 1. The Morgan fingerprint density at radius 2 is 2.12 bits per heavy atom. The fourth-order valence-electron chi connectivity index (χ4n) is 5.37. The Hall–Kier alpha value is -3.83. The number of fused-ring (bicyclic) bond motifs is 1. The number of carbonyl (C=O) groups is 2. The first kappa shape index (κ1) is 27.7. The fraction of sp³-hybridized carbons (Fsp3) is 0.483. The lowest BCUT2D eigenvalue weighted by molar-refractivity contribution is -0.137. The van der Waals surface area contributed by atoms with Gasteiger partial charge in [-0.25, -0.2) is 15.0 Å². The van der Waals surface area contributed by atoms with Crippen LogP contribution in [0, 0.1) is 12.8 Å². The summed E-state index contributed by atoms with van der Waals surface area (Å²) in [7, 11) is 0. The highest BCUT2D eigenvalue weighted by Crippen LogP contribution is 2.30. The van der Waals surface area contributed by atoms with Crippen molar-refractivity contribution in [1.29, 1.82) is 0 Å². The van der Waals surface area contributed by atoms with Gasteiger partial charge in [-0.2, -0.15) is 0 Å². The van der Waals surface area contributed by atoms with Gasteiger partial charge in [-0.05, 0) is 54.5 Å². The lowest BCUT2D eigenvalue weighted by Crippen LogP contribution is -2.50. The smallest absolute Gasteiger partial charge is 0.270 e. The number of likely N-dealkylation sites (tertiary alicyclic amines) is 1. The molecule has 2 aromatic heterocycles. The molecule has 1 saturated heterocycles. The second-order valence-corrected chi connectivity index (χ2v) is 10.5. The van der Waals surface area contributed by atoms with Gasteiger partial charge >= 0.3 is 0 Å². The maximum atomic E-state index is 12.7. The number of amides is 2. The third kappa shape index (κ3) is 6.65. The van der Waals surface area contributed by atoms with Crippen LogP contribution >= 0.6 is 0 Å². The number of rotatable bonds is 11. The van der Waals surface area contributed by atoms with E-state index in [2.05, 4.69) is 38.2 Å². The number of ether oxygens (including phenoxy) is 1. The van der Waals surface area contributed by atoms with E-state index >= 15 is 0 Å². The van der Waals surface area contributed by atoms with Crippen molar-refractivity contribution in [2.45, 2.75) is 52.4 Å². The molecule has 11 heteroatoms. The molecule has 2 N–H and O–H groups in total. The van der Waals surface area contributed by atoms with Crippen LogP contribution in [0.1, 0.15) is 52.0 Å². The molecule has 2 aliphatic heterocycles. The van der Waals surface area contributed by atoms with Gasteiger partial charge in [0.25, 0.3) is 5.91 Å². The van der Waals surface area contributed by atoms with Gasteiger partial charge in [0.1, 0.15) is 24.4 Å². The number of hydrogen-bond acceptors (Lipinski definition) is 9. The first-order chi connectivity index (χ1) is 19.4. The summed E-state index contributed by atoms with van der Waals surface area (Å²) in [4.78, 5) is 40.8. The second-order valence-electron chi connectivity index (χ2n) is 10.5. The monoisotopic (exact) mass is 548 g/mol. The number of aliphatic hydroxyl groups excluding tert-OH is 1. The van der Waals surface area contributed by atoms with E-state index in [0.29, 0.717) is 37.7 Å². The molecule has 0 saturated carbocycles. The molecule has 0 aliphatic carbocycles. The van der Waals surface area contributed by atoms with Crippen LogP contribution < -0.4 is 10.1 Å². The van der Waals surface area contributed by atoms with Crippen LogP contribution in [0.15, 0.2) is 41.5 Å². The molecule has 0 radical (unpaired) electrons. The normalized spacial score (nSPS) is 16.2. The largest absolute Gasteiger partial charge is 0.485 e. The highest BCUT2D eigenvalue weighted by molar-refractivity contribution is 5.92. The van der Waals surface area contributed by atoms with Crippen LogP contribution in [0.25, 0.3) is 0 Å². The Kier molecular flexibility index (Phi) is 8.71.